The number of alkyl carbamates (subject to hydrolysis) is 1. The maximum atomic E-state index is 13.7. The minimum Gasteiger partial charge on any atom is -0.497 e. The number of nitrogens with one attached hydrogen (secondary N) is 2. The molecule has 10 nitrogen and oxygen atoms in total. The van der Waals surface area contributed by atoms with Crippen molar-refractivity contribution in [3.63, 3.8) is 0 Å². The van der Waals surface area contributed by atoms with Gasteiger partial charge < -0.3 is 20.1 Å². The van der Waals surface area contributed by atoms with Gasteiger partial charge in [-0.2, -0.15) is 0 Å². The molecule has 0 aliphatic heterocycles. The summed E-state index contributed by atoms with van der Waals surface area (Å²) >= 11 is 0. The fourth-order valence-corrected chi connectivity index (χ4v) is 4.44. The summed E-state index contributed by atoms with van der Waals surface area (Å²) in [7, 11) is -2.68. The Labute approximate surface area is 234 Å². The molecule has 11 heteroatoms. The van der Waals surface area contributed by atoms with Crippen molar-refractivity contribution in [3.05, 3.63) is 96.1 Å². The third-order valence-corrected chi connectivity index (χ3v) is 6.58. The van der Waals surface area contributed by atoms with Crippen molar-refractivity contribution >= 4 is 25.5 Å². The summed E-state index contributed by atoms with van der Waals surface area (Å²) < 4.78 is 41.0. The van der Waals surface area contributed by atoms with Gasteiger partial charge in [0.2, 0.25) is 5.91 Å². The maximum absolute atomic E-state index is 13.7. The van der Waals surface area contributed by atoms with Crippen molar-refractivity contribution in [1.29, 1.82) is 0 Å². The standard InChI is InChI=1S/C29H35N2O8P/c1-29(2,3)39-28(33)31-26(27(32)30-24-15-17-25(35-4)18-16-24)21-38-40(34,36-19-22-11-7-5-8-12-22)37-20-23-13-9-6-10-14-23/h5-18,26H,19-21H2,1-4H3,(H,30,32)(H,31,33). The molecular formula is C29H35N2O8P. The second kappa shape index (κ2) is 14.6. The van der Waals surface area contributed by atoms with Crippen LogP contribution < -0.4 is 15.4 Å². The van der Waals surface area contributed by atoms with Crippen molar-refractivity contribution in [2.45, 2.75) is 45.6 Å². The normalized spacial score (nSPS) is 12.3. The molecule has 0 heterocycles. The van der Waals surface area contributed by atoms with E-state index in [1.807, 2.05) is 36.4 Å². The largest absolute Gasteiger partial charge is 0.497 e. The highest BCUT2D eigenvalue weighted by atomic mass is 31.2. The molecule has 0 aromatic heterocycles. The van der Waals surface area contributed by atoms with Crippen LogP contribution in [0.5, 0.6) is 5.75 Å². The molecule has 0 bridgehead atoms. The lowest BCUT2D eigenvalue weighted by atomic mass is 10.2. The Morgan fingerprint density at radius 3 is 1.80 bits per heavy atom. The Morgan fingerprint density at radius 2 is 1.32 bits per heavy atom. The van der Waals surface area contributed by atoms with E-state index in [1.165, 1.54) is 7.11 Å². The molecule has 0 radical (unpaired) electrons. The van der Waals surface area contributed by atoms with Gasteiger partial charge in [0, 0.05) is 5.69 Å². The van der Waals surface area contributed by atoms with Gasteiger partial charge in [-0.25, -0.2) is 9.36 Å². The van der Waals surface area contributed by atoms with Crippen LogP contribution in [0, 0.1) is 0 Å². The first-order valence-electron chi connectivity index (χ1n) is 12.6. The van der Waals surface area contributed by atoms with Crippen molar-refractivity contribution < 1.29 is 37.2 Å². The predicted molar refractivity (Wildman–Crippen MR) is 151 cm³/mol. The summed E-state index contributed by atoms with van der Waals surface area (Å²) in [6.07, 6.45) is -0.851. The van der Waals surface area contributed by atoms with Gasteiger partial charge in [0.25, 0.3) is 0 Å². The fraction of sp³-hybridized carbons (Fsp3) is 0.310. The molecule has 214 valence electrons. The maximum Gasteiger partial charge on any atom is 0.475 e. The molecule has 0 spiro atoms. The average Bonchev–Trinajstić information content (AvgIpc) is 2.94. The average molecular weight is 571 g/mol. The lowest BCUT2D eigenvalue weighted by Crippen LogP contribution is -2.48. The summed E-state index contributed by atoms with van der Waals surface area (Å²) in [5.74, 6) is -0.0227. The Bertz CT molecular complexity index is 1220. The monoisotopic (exact) mass is 570 g/mol. The number of carbonyl (C=O) groups excluding carboxylic acids is 2. The second-order valence-corrected chi connectivity index (χ2v) is 11.3. The van der Waals surface area contributed by atoms with Gasteiger partial charge in [-0.05, 0) is 56.2 Å². The number of hydrogen-bond acceptors (Lipinski definition) is 8. The highest BCUT2D eigenvalue weighted by molar-refractivity contribution is 7.48. The first-order chi connectivity index (χ1) is 19.0. The van der Waals surface area contributed by atoms with E-state index in [2.05, 4.69) is 10.6 Å². The van der Waals surface area contributed by atoms with E-state index in [4.69, 9.17) is 23.0 Å². The number of ether oxygens (including phenoxy) is 2. The number of carbonyl (C=O) groups is 2. The minimum absolute atomic E-state index is 0.0604. The number of methoxy groups -OCH3 is 1. The van der Waals surface area contributed by atoms with Gasteiger partial charge in [-0.15, -0.1) is 0 Å². The third kappa shape index (κ3) is 10.8. The topological polar surface area (TPSA) is 121 Å². The third-order valence-electron chi connectivity index (χ3n) is 5.23. The summed E-state index contributed by atoms with van der Waals surface area (Å²) in [6.45, 7) is 4.43. The number of anilines is 1. The lowest BCUT2D eigenvalue weighted by molar-refractivity contribution is -0.119. The molecule has 2 amide bonds. The van der Waals surface area contributed by atoms with Crippen LogP contribution in [0.1, 0.15) is 31.9 Å². The molecule has 0 saturated carbocycles. The lowest BCUT2D eigenvalue weighted by Gasteiger charge is -2.25. The molecule has 40 heavy (non-hydrogen) atoms. The number of phosphoric ester groups is 1. The van der Waals surface area contributed by atoms with Crippen LogP contribution in [-0.2, 0) is 40.9 Å². The molecule has 0 aliphatic rings. The van der Waals surface area contributed by atoms with Crippen molar-refractivity contribution in [1.82, 2.24) is 5.32 Å². The van der Waals surface area contributed by atoms with E-state index < -0.39 is 38.1 Å². The zero-order chi connectivity index (χ0) is 29.0. The summed E-state index contributed by atoms with van der Waals surface area (Å²) in [4.78, 5) is 25.7. The molecule has 1 atom stereocenters. The van der Waals surface area contributed by atoms with Gasteiger partial charge in [-0.1, -0.05) is 60.7 Å². The summed E-state index contributed by atoms with van der Waals surface area (Å²) in [5.41, 5.74) is 1.13. The Kier molecular flexibility index (Phi) is 11.3. The van der Waals surface area contributed by atoms with Crippen LogP contribution in [0.2, 0.25) is 0 Å². The SMILES string of the molecule is COc1ccc(NC(=O)C(COP(=O)(OCc2ccccc2)OCc2ccccc2)NC(=O)OC(C)(C)C)cc1. The number of phosphoric acid groups is 1. The zero-order valence-corrected chi connectivity index (χ0v) is 23.9. The smallest absolute Gasteiger partial charge is 0.475 e. The highest BCUT2D eigenvalue weighted by Gasteiger charge is 2.32. The van der Waals surface area contributed by atoms with Crippen LogP contribution in [-0.4, -0.2) is 37.4 Å². The predicted octanol–water partition coefficient (Wildman–Crippen LogP) is 6.09. The number of amides is 2. The number of hydrogen-bond donors (Lipinski definition) is 2. The molecule has 0 aliphatic carbocycles. The van der Waals surface area contributed by atoms with E-state index in [0.29, 0.717) is 11.4 Å². The second-order valence-electron chi connectivity index (χ2n) is 9.68. The van der Waals surface area contributed by atoms with Crippen LogP contribution in [0.3, 0.4) is 0 Å². The van der Waals surface area contributed by atoms with Crippen molar-refractivity contribution in [2.75, 3.05) is 19.0 Å². The molecule has 3 aromatic rings. The fourth-order valence-electron chi connectivity index (χ4n) is 3.27. The van der Waals surface area contributed by atoms with Gasteiger partial charge in [0.05, 0.1) is 26.9 Å². The zero-order valence-electron chi connectivity index (χ0n) is 23.0. The van der Waals surface area contributed by atoms with Crippen LogP contribution in [0.15, 0.2) is 84.9 Å². The Morgan fingerprint density at radius 1 is 0.800 bits per heavy atom. The number of benzene rings is 3. The summed E-state index contributed by atoms with van der Waals surface area (Å²) in [6, 6.07) is 23.5. The van der Waals surface area contributed by atoms with Gasteiger partial charge in [0.1, 0.15) is 17.4 Å². The van der Waals surface area contributed by atoms with E-state index in [-0.39, 0.29) is 13.2 Å². The van der Waals surface area contributed by atoms with Crippen molar-refractivity contribution in [2.24, 2.45) is 0 Å². The molecule has 0 fully saturated rings. The van der Waals surface area contributed by atoms with Crippen molar-refractivity contribution in [3.8, 4) is 5.75 Å². The van der Waals surface area contributed by atoms with E-state index >= 15 is 0 Å². The van der Waals surface area contributed by atoms with Crippen LogP contribution >= 0.6 is 7.82 Å². The molecule has 3 rings (SSSR count). The Hall–Kier alpha value is -3.69. The number of rotatable bonds is 13. The first kappa shape index (κ1) is 30.8. The molecule has 2 N–H and O–H groups in total. The van der Waals surface area contributed by atoms with Gasteiger partial charge >= 0.3 is 13.9 Å². The van der Waals surface area contributed by atoms with Crippen LogP contribution in [0.25, 0.3) is 0 Å². The molecular weight excluding hydrogens is 535 g/mol. The summed E-state index contributed by atoms with van der Waals surface area (Å²) in [5, 5.41) is 5.18. The molecule has 0 saturated heterocycles. The highest BCUT2D eigenvalue weighted by Crippen LogP contribution is 2.51. The molecule has 3 aromatic carbocycles. The Balaban J connectivity index is 1.76. The van der Waals surface area contributed by atoms with Gasteiger partial charge in [0.15, 0.2) is 0 Å². The first-order valence-corrected chi connectivity index (χ1v) is 14.1. The molecule has 1 unspecified atom stereocenters. The van der Waals surface area contributed by atoms with E-state index in [0.717, 1.165) is 11.1 Å². The van der Waals surface area contributed by atoms with Crippen LogP contribution in [0.4, 0.5) is 10.5 Å². The van der Waals surface area contributed by atoms with E-state index in [9.17, 15) is 14.2 Å². The van der Waals surface area contributed by atoms with Gasteiger partial charge in [-0.3, -0.25) is 18.4 Å². The minimum atomic E-state index is -4.21. The van der Waals surface area contributed by atoms with E-state index in [1.54, 1.807) is 69.3 Å². The quantitative estimate of drug-likeness (QED) is 0.237.